The molecule has 0 aliphatic carbocycles. The number of para-hydroxylation sites is 1. The van der Waals surface area contributed by atoms with Crippen LogP contribution >= 0.6 is 0 Å². The minimum absolute atomic E-state index is 0.233. The minimum Gasteiger partial charge on any atom is -0.484 e. The van der Waals surface area contributed by atoms with Gasteiger partial charge in [-0.15, -0.1) is 0 Å². The van der Waals surface area contributed by atoms with Crippen molar-refractivity contribution >= 4 is 0 Å². The largest absolute Gasteiger partial charge is 0.484 e. The molecular formula is C19H21N3O2. The molecule has 3 rings (SSSR count). The molecule has 0 aliphatic heterocycles. The van der Waals surface area contributed by atoms with E-state index in [1.807, 2.05) is 74.5 Å². The second-order valence-corrected chi connectivity index (χ2v) is 6.24. The maximum atomic E-state index is 11.6. The fourth-order valence-electron chi connectivity index (χ4n) is 2.76. The molecule has 1 aromatic heterocycles. The van der Waals surface area contributed by atoms with E-state index in [0.717, 1.165) is 5.56 Å². The first-order valence-electron chi connectivity index (χ1n) is 7.86. The third-order valence-electron chi connectivity index (χ3n) is 4.22. The first-order chi connectivity index (χ1) is 11.5. The van der Waals surface area contributed by atoms with Gasteiger partial charge in [-0.3, -0.25) is 0 Å². The number of rotatable bonds is 6. The average Bonchev–Trinajstić information content (AvgIpc) is 3.09. The molecule has 1 atom stereocenters. The summed E-state index contributed by atoms with van der Waals surface area (Å²) in [6.07, 6.45) is 3.04. The van der Waals surface area contributed by atoms with E-state index in [0.29, 0.717) is 5.75 Å². The summed E-state index contributed by atoms with van der Waals surface area (Å²) in [5.41, 5.74) is -1.43. The molecule has 0 amide bonds. The molecule has 0 bridgehead atoms. The van der Waals surface area contributed by atoms with E-state index in [9.17, 15) is 5.11 Å². The smallest absolute Gasteiger partial charge is 0.148 e. The quantitative estimate of drug-likeness (QED) is 0.757. The van der Waals surface area contributed by atoms with Crippen LogP contribution in [0, 0.1) is 0 Å². The molecule has 0 radical (unpaired) electrons. The standard InChI is InChI=1S/C19H21N3O2/c1-18(2,24-17-11-7-4-8-12-17)19(23,13-22-15-20-14-21-22)16-9-5-3-6-10-16/h3-12,14-15,23H,13H2,1-2H3. The highest BCUT2D eigenvalue weighted by Gasteiger charge is 2.47. The summed E-state index contributed by atoms with van der Waals surface area (Å²) in [6, 6.07) is 19.0. The fraction of sp³-hybridized carbons (Fsp3) is 0.263. The molecule has 5 heteroatoms. The Bertz CT molecular complexity index is 758. The van der Waals surface area contributed by atoms with E-state index >= 15 is 0 Å². The number of hydrogen-bond acceptors (Lipinski definition) is 4. The van der Waals surface area contributed by atoms with Crippen molar-refractivity contribution in [2.24, 2.45) is 0 Å². The topological polar surface area (TPSA) is 60.2 Å². The second-order valence-electron chi connectivity index (χ2n) is 6.24. The van der Waals surface area contributed by atoms with Gasteiger partial charge in [0.15, 0.2) is 0 Å². The first kappa shape index (κ1) is 16.2. The van der Waals surface area contributed by atoms with E-state index in [1.54, 1.807) is 11.0 Å². The molecule has 1 heterocycles. The Morgan fingerprint density at radius 3 is 2.21 bits per heavy atom. The van der Waals surface area contributed by atoms with Crippen LogP contribution in [0.15, 0.2) is 73.3 Å². The summed E-state index contributed by atoms with van der Waals surface area (Å²) in [5, 5.41) is 15.8. The highest BCUT2D eigenvalue weighted by molar-refractivity contribution is 5.28. The number of nitrogens with zero attached hydrogens (tertiary/aromatic N) is 3. The van der Waals surface area contributed by atoms with Crippen LogP contribution in [-0.4, -0.2) is 25.5 Å². The van der Waals surface area contributed by atoms with E-state index in [4.69, 9.17) is 4.74 Å². The first-order valence-corrected chi connectivity index (χ1v) is 7.86. The van der Waals surface area contributed by atoms with Gasteiger partial charge in [0.05, 0.1) is 6.54 Å². The van der Waals surface area contributed by atoms with E-state index in [-0.39, 0.29) is 6.54 Å². The van der Waals surface area contributed by atoms with Crippen molar-refractivity contribution in [1.29, 1.82) is 0 Å². The van der Waals surface area contributed by atoms with Gasteiger partial charge in [0.1, 0.15) is 29.6 Å². The molecule has 1 unspecified atom stereocenters. The molecule has 0 aliphatic rings. The number of benzene rings is 2. The SMILES string of the molecule is CC(C)(Oc1ccccc1)C(O)(Cn1cncn1)c1ccccc1. The maximum absolute atomic E-state index is 11.6. The molecular weight excluding hydrogens is 302 g/mol. The summed E-state index contributed by atoms with van der Waals surface area (Å²) in [6.45, 7) is 3.99. The monoisotopic (exact) mass is 323 g/mol. The van der Waals surface area contributed by atoms with Crippen LogP contribution in [0.2, 0.25) is 0 Å². The Morgan fingerprint density at radius 2 is 1.62 bits per heavy atom. The Balaban J connectivity index is 2.00. The van der Waals surface area contributed by atoms with Crippen molar-refractivity contribution in [3.05, 3.63) is 78.9 Å². The van der Waals surface area contributed by atoms with E-state index in [2.05, 4.69) is 10.1 Å². The van der Waals surface area contributed by atoms with Gasteiger partial charge in [0.2, 0.25) is 0 Å². The Morgan fingerprint density at radius 1 is 1.00 bits per heavy atom. The summed E-state index contributed by atoms with van der Waals surface area (Å²) in [5.74, 6) is 0.704. The molecule has 24 heavy (non-hydrogen) atoms. The maximum Gasteiger partial charge on any atom is 0.148 e. The number of ether oxygens (including phenoxy) is 1. The van der Waals surface area contributed by atoms with Crippen LogP contribution in [-0.2, 0) is 12.1 Å². The van der Waals surface area contributed by atoms with Crippen molar-refractivity contribution in [3.8, 4) is 5.75 Å². The predicted molar refractivity (Wildman–Crippen MR) is 91.5 cm³/mol. The molecule has 3 aromatic rings. The van der Waals surface area contributed by atoms with Gasteiger partial charge in [0.25, 0.3) is 0 Å². The molecule has 0 spiro atoms. The van der Waals surface area contributed by atoms with Crippen LogP contribution < -0.4 is 4.74 Å². The van der Waals surface area contributed by atoms with Gasteiger partial charge in [0, 0.05) is 0 Å². The van der Waals surface area contributed by atoms with Crippen molar-refractivity contribution < 1.29 is 9.84 Å². The molecule has 1 N–H and O–H groups in total. The lowest BCUT2D eigenvalue weighted by Gasteiger charge is -2.42. The summed E-state index contributed by atoms with van der Waals surface area (Å²) >= 11 is 0. The lowest BCUT2D eigenvalue weighted by Crippen LogP contribution is -2.54. The van der Waals surface area contributed by atoms with Crippen molar-refractivity contribution in [2.45, 2.75) is 31.6 Å². The second kappa shape index (κ2) is 6.45. The van der Waals surface area contributed by atoms with Crippen molar-refractivity contribution in [3.63, 3.8) is 0 Å². The highest BCUT2D eigenvalue weighted by Crippen LogP contribution is 2.37. The van der Waals surface area contributed by atoms with Crippen LogP contribution in [0.25, 0.3) is 0 Å². The molecule has 5 nitrogen and oxygen atoms in total. The van der Waals surface area contributed by atoms with Crippen LogP contribution in [0.1, 0.15) is 19.4 Å². The number of hydrogen-bond donors (Lipinski definition) is 1. The Labute approximate surface area is 141 Å². The summed E-state index contributed by atoms with van der Waals surface area (Å²) in [7, 11) is 0. The van der Waals surface area contributed by atoms with E-state index < -0.39 is 11.2 Å². The Kier molecular flexibility index (Phi) is 4.36. The zero-order valence-corrected chi connectivity index (χ0v) is 13.8. The third kappa shape index (κ3) is 3.16. The third-order valence-corrected chi connectivity index (χ3v) is 4.22. The lowest BCUT2D eigenvalue weighted by molar-refractivity contribution is -0.133. The average molecular weight is 323 g/mol. The number of aromatic nitrogens is 3. The Hall–Kier alpha value is -2.66. The zero-order valence-electron chi connectivity index (χ0n) is 13.8. The van der Waals surface area contributed by atoms with Crippen molar-refractivity contribution in [2.75, 3.05) is 0 Å². The summed E-state index contributed by atoms with van der Waals surface area (Å²) in [4.78, 5) is 3.97. The highest BCUT2D eigenvalue weighted by atomic mass is 16.5. The van der Waals surface area contributed by atoms with Gasteiger partial charge in [-0.2, -0.15) is 5.10 Å². The summed E-state index contributed by atoms with van der Waals surface area (Å²) < 4.78 is 7.77. The molecule has 2 aromatic carbocycles. The molecule has 0 fully saturated rings. The van der Waals surface area contributed by atoms with Crippen LogP contribution in [0.5, 0.6) is 5.75 Å². The van der Waals surface area contributed by atoms with Gasteiger partial charge in [-0.1, -0.05) is 48.5 Å². The minimum atomic E-state index is -1.29. The molecule has 124 valence electrons. The normalized spacial score (nSPS) is 14.1. The van der Waals surface area contributed by atoms with Gasteiger partial charge >= 0.3 is 0 Å². The van der Waals surface area contributed by atoms with Crippen molar-refractivity contribution in [1.82, 2.24) is 14.8 Å². The van der Waals surface area contributed by atoms with E-state index in [1.165, 1.54) is 6.33 Å². The van der Waals surface area contributed by atoms with Crippen LogP contribution in [0.3, 0.4) is 0 Å². The van der Waals surface area contributed by atoms with Gasteiger partial charge in [-0.05, 0) is 31.5 Å². The number of aliphatic hydroxyl groups is 1. The molecule has 0 saturated heterocycles. The fourth-order valence-corrected chi connectivity index (χ4v) is 2.76. The molecule has 0 saturated carbocycles. The van der Waals surface area contributed by atoms with Gasteiger partial charge < -0.3 is 9.84 Å². The zero-order chi connectivity index (χ0) is 17.0. The van der Waals surface area contributed by atoms with Gasteiger partial charge in [-0.25, -0.2) is 9.67 Å². The predicted octanol–water partition coefficient (Wildman–Crippen LogP) is 3.02. The lowest BCUT2D eigenvalue weighted by atomic mass is 9.79. The van der Waals surface area contributed by atoms with Crippen LogP contribution in [0.4, 0.5) is 0 Å².